The molecule has 1 atom stereocenters. The monoisotopic (exact) mass is 407 g/mol. The van der Waals surface area contributed by atoms with Gasteiger partial charge in [-0.05, 0) is 48.9 Å². The van der Waals surface area contributed by atoms with Gasteiger partial charge in [0.15, 0.2) is 0 Å². The number of hydrogen-bond donors (Lipinski definition) is 3. The number of benzene rings is 2. The number of primary sulfonamides is 1. The van der Waals surface area contributed by atoms with Crippen molar-refractivity contribution in [3.63, 3.8) is 0 Å². The maximum atomic E-state index is 12.4. The second kappa shape index (κ2) is 9.03. The number of carbonyl (C=O) groups is 2. The fraction of sp³-hybridized carbons (Fsp3) is 0.222. The van der Waals surface area contributed by atoms with E-state index in [4.69, 9.17) is 5.14 Å². The number of rotatable bonds is 7. The molecule has 2 amide bonds. The van der Waals surface area contributed by atoms with Gasteiger partial charge in [0.1, 0.15) is 0 Å². The molecule has 0 radical (unpaired) electrons. The minimum Gasteiger partial charge on any atom is -0.326 e. The van der Waals surface area contributed by atoms with Crippen LogP contribution in [0.5, 0.6) is 0 Å². The third-order valence-corrected chi connectivity index (χ3v) is 5.27. The lowest BCUT2D eigenvalue weighted by molar-refractivity contribution is -0.115. The van der Waals surface area contributed by atoms with Crippen LogP contribution in [-0.4, -0.2) is 25.5 Å². The first kappa shape index (κ1) is 20.9. The van der Waals surface area contributed by atoms with E-state index in [-0.39, 0.29) is 22.8 Å². The third-order valence-electron chi connectivity index (χ3n) is 3.42. The Kier molecular flexibility index (Phi) is 7.00. The molecule has 2 aromatic rings. The Balaban J connectivity index is 1.97. The minimum atomic E-state index is -3.63. The molecule has 0 saturated carbocycles. The molecule has 0 aliphatic carbocycles. The first-order valence-electron chi connectivity index (χ1n) is 8.07. The average Bonchev–Trinajstić information content (AvgIpc) is 2.55. The third kappa shape index (κ3) is 7.41. The molecule has 0 saturated heterocycles. The molecule has 0 aromatic heterocycles. The molecular weight excluding hydrogens is 386 g/mol. The molecule has 7 nitrogen and oxygen atoms in total. The van der Waals surface area contributed by atoms with Gasteiger partial charge in [0.05, 0.1) is 11.0 Å². The smallest absolute Gasteiger partial charge is 0.237 e. The molecule has 9 heteroatoms. The van der Waals surface area contributed by atoms with Crippen molar-refractivity contribution in [2.24, 2.45) is 5.14 Å². The Morgan fingerprint density at radius 1 is 1.07 bits per heavy atom. The van der Waals surface area contributed by atoms with E-state index in [1.807, 2.05) is 12.1 Å². The number of thioether (sulfide) groups is 1. The van der Waals surface area contributed by atoms with E-state index >= 15 is 0 Å². The van der Waals surface area contributed by atoms with Crippen molar-refractivity contribution in [1.29, 1.82) is 0 Å². The highest BCUT2D eigenvalue weighted by molar-refractivity contribution is 8.00. The second-order valence-electron chi connectivity index (χ2n) is 5.96. The van der Waals surface area contributed by atoms with Crippen molar-refractivity contribution in [1.82, 2.24) is 0 Å². The summed E-state index contributed by atoms with van der Waals surface area (Å²) < 4.78 is 22.4. The van der Waals surface area contributed by atoms with E-state index in [1.165, 1.54) is 18.7 Å². The zero-order valence-electron chi connectivity index (χ0n) is 14.9. The fourth-order valence-electron chi connectivity index (χ4n) is 2.29. The number of hydrogen-bond acceptors (Lipinski definition) is 5. The quantitative estimate of drug-likeness (QED) is 0.610. The molecule has 1 unspecified atom stereocenters. The molecule has 144 valence electrons. The highest BCUT2D eigenvalue weighted by atomic mass is 32.2. The number of nitrogens with two attached hydrogens (primary N) is 1. The molecule has 0 bridgehead atoms. The van der Waals surface area contributed by atoms with Crippen molar-refractivity contribution in [3.05, 3.63) is 54.1 Å². The molecule has 4 N–H and O–H groups in total. The number of carbonyl (C=O) groups excluding carboxylic acids is 2. The van der Waals surface area contributed by atoms with Crippen LogP contribution in [0.2, 0.25) is 0 Å². The zero-order chi connectivity index (χ0) is 20.0. The Morgan fingerprint density at radius 3 is 2.33 bits per heavy atom. The molecule has 27 heavy (non-hydrogen) atoms. The zero-order valence-corrected chi connectivity index (χ0v) is 16.6. The molecule has 0 heterocycles. The van der Waals surface area contributed by atoms with Crippen molar-refractivity contribution in [2.75, 3.05) is 10.6 Å². The van der Waals surface area contributed by atoms with Crippen LogP contribution in [0.15, 0.2) is 53.4 Å². The molecule has 0 spiro atoms. The van der Waals surface area contributed by atoms with Crippen LogP contribution < -0.4 is 15.8 Å². The predicted molar refractivity (Wildman–Crippen MR) is 108 cm³/mol. The summed E-state index contributed by atoms with van der Waals surface area (Å²) in [7, 11) is -3.63. The molecule has 0 aliphatic rings. The molecule has 2 aromatic carbocycles. The Morgan fingerprint density at radius 2 is 1.74 bits per heavy atom. The number of nitrogens with one attached hydrogen (secondary N) is 2. The molecule has 0 aliphatic heterocycles. The summed E-state index contributed by atoms with van der Waals surface area (Å²) in [6.45, 7) is 3.21. The van der Waals surface area contributed by atoms with Gasteiger partial charge in [0.2, 0.25) is 21.8 Å². The van der Waals surface area contributed by atoms with Gasteiger partial charge in [-0.2, -0.15) is 0 Å². The van der Waals surface area contributed by atoms with E-state index in [0.717, 1.165) is 4.90 Å². The lowest BCUT2D eigenvalue weighted by atomic mass is 10.2. The van der Waals surface area contributed by atoms with E-state index in [0.29, 0.717) is 16.9 Å². The summed E-state index contributed by atoms with van der Waals surface area (Å²) >= 11 is 1.37. The standard InChI is InChI=1S/C18H21N3O4S2/c1-12(26-17-8-6-15(7-9-17)20-13(2)22)18(23)21-16-5-3-4-14(10-16)11-27(19,24)25/h3-10,12H,11H2,1-2H3,(H,20,22)(H,21,23)(H2,19,24,25). The van der Waals surface area contributed by atoms with E-state index in [9.17, 15) is 18.0 Å². The first-order chi connectivity index (χ1) is 12.6. The van der Waals surface area contributed by atoms with Crippen LogP contribution in [0.4, 0.5) is 11.4 Å². The molecule has 0 fully saturated rings. The SMILES string of the molecule is CC(=O)Nc1ccc(SC(C)C(=O)Nc2cccc(CS(N)(=O)=O)c2)cc1. The topological polar surface area (TPSA) is 118 Å². The van der Waals surface area contributed by atoms with Crippen LogP contribution in [0.3, 0.4) is 0 Å². The highest BCUT2D eigenvalue weighted by Crippen LogP contribution is 2.26. The number of anilines is 2. The maximum Gasteiger partial charge on any atom is 0.237 e. The van der Waals surface area contributed by atoms with Crippen LogP contribution >= 0.6 is 11.8 Å². The Hall–Kier alpha value is -2.36. The lowest BCUT2D eigenvalue weighted by Crippen LogP contribution is -2.22. The maximum absolute atomic E-state index is 12.4. The average molecular weight is 408 g/mol. The summed E-state index contributed by atoms with van der Waals surface area (Å²) in [5.74, 6) is -0.645. The normalized spacial score (nSPS) is 12.3. The highest BCUT2D eigenvalue weighted by Gasteiger charge is 2.15. The second-order valence-corrected chi connectivity index (χ2v) is 8.99. The summed E-state index contributed by atoms with van der Waals surface area (Å²) in [6.07, 6.45) is 0. The summed E-state index contributed by atoms with van der Waals surface area (Å²) in [5.41, 5.74) is 1.70. The van der Waals surface area contributed by atoms with E-state index in [1.54, 1.807) is 43.3 Å². The summed E-state index contributed by atoms with van der Waals surface area (Å²) in [5, 5.41) is 10.1. The summed E-state index contributed by atoms with van der Waals surface area (Å²) in [6, 6.07) is 13.8. The van der Waals surface area contributed by atoms with Gasteiger partial charge in [-0.1, -0.05) is 12.1 Å². The first-order valence-corrected chi connectivity index (χ1v) is 10.7. The molecule has 2 rings (SSSR count). The van der Waals surface area contributed by atoms with Crippen LogP contribution in [-0.2, 0) is 25.4 Å². The number of amides is 2. The largest absolute Gasteiger partial charge is 0.326 e. The van der Waals surface area contributed by atoms with Gasteiger partial charge >= 0.3 is 0 Å². The van der Waals surface area contributed by atoms with E-state index in [2.05, 4.69) is 10.6 Å². The van der Waals surface area contributed by atoms with Gasteiger partial charge in [-0.15, -0.1) is 11.8 Å². The van der Waals surface area contributed by atoms with Gasteiger partial charge in [0.25, 0.3) is 0 Å². The molecular formula is C18H21N3O4S2. The predicted octanol–water partition coefficient (Wildman–Crippen LogP) is 2.55. The van der Waals surface area contributed by atoms with Crippen LogP contribution in [0.1, 0.15) is 19.4 Å². The van der Waals surface area contributed by atoms with Gasteiger partial charge < -0.3 is 10.6 Å². The Bertz CT molecular complexity index is 928. The Labute approximate surface area is 162 Å². The van der Waals surface area contributed by atoms with Crippen molar-refractivity contribution >= 4 is 45.0 Å². The van der Waals surface area contributed by atoms with E-state index < -0.39 is 10.0 Å². The minimum absolute atomic E-state index is 0.146. The lowest BCUT2D eigenvalue weighted by Gasteiger charge is -2.13. The van der Waals surface area contributed by atoms with Crippen molar-refractivity contribution in [3.8, 4) is 0 Å². The fourth-order valence-corrected chi connectivity index (χ4v) is 3.80. The number of sulfonamides is 1. The van der Waals surface area contributed by atoms with Crippen molar-refractivity contribution in [2.45, 2.75) is 29.7 Å². The van der Waals surface area contributed by atoms with Crippen molar-refractivity contribution < 1.29 is 18.0 Å². The summed E-state index contributed by atoms with van der Waals surface area (Å²) in [4.78, 5) is 24.3. The van der Waals surface area contributed by atoms with Crippen LogP contribution in [0.25, 0.3) is 0 Å². The van der Waals surface area contributed by atoms with Crippen LogP contribution in [0, 0.1) is 0 Å². The van der Waals surface area contributed by atoms with Gasteiger partial charge in [-0.3, -0.25) is 9.59 Å². The van der Waals surface area contributed by atoms with Gasteiger partial charge in [-0.25, -0.2) is 13.6 Å². The van der Waals surface area contributed by atoms with Gasteiger partial charge in [0, 0.05) is 23.2 Å².